The summed E-state index contributed by atoms with van der Waals surface area (Å²) in [4.78, 5) is 0. The minimum Gasteiger partial charge on any atom is -0.494 e. The van der Waals surface area contributed by atoms with Gasteiger partial charge in [-0.05, 0) is 50.6 Å². The van der Waals surface area contributed by atoms with Crippen LogP contribution in [0.2, 0.25) is 0 Å². The lowest BCUT2D eigenvalue weighted by molar-refractivity contribution is 0.317. The van der Waals surface area contributed by atoms with Crippen LogP contribution >= 0.6 is 0 Å². The summed E-state index contributed by atoms with van der Waals surface area (Å²) in [5.41, 5.74) is 1.38. The third kappa shape index (κ3) is 4.84. The van der Waals surface area contributed by atoms with Gasteiger partial charge in [0.25, 0.3) is 0 Å². The van der Waals surface area contributed by atoms with E-state index in [9.17, 15) is 0 Å². The largest absolute Gasteiger partial charge is 0.494 e. The molecule has 0 unspecified atom stereocenters. The maximum absolute atomic E-state index is 5.52. The Morgan fingerprint density at radius 3 is 2.53 bits per heavy atom. The van der Waals surface area contributed by atoms with Gasteiger partial charge in [0.15, 0.2) is 0 Å². The zero-order chi connectivity index (χ0) is 10.9. The molecule has 0 aliphatic carbocycles. The number of ether oxygens (including phenoxy) is 1. The lowest BCUT2D eigenvalue weighted by atomic mass is 10.1. The van der Waals surface area contributed by atoms with Crippen LogP contribution in [0.5, 0.6) is 5.75 Å². The second-order valence-corrected chi connectivity index (χ2v) is 3.70. The minimum atomic E-state index is 0.805. The summed E-state index contributed by atoms with van der Waals surface area (Å²) in [5, 5.41) is 3.15. The second kappa shape index (κ2) is 7.30. The standard InChI is InChI=1S/C13H21NO/c1-3-11-15-13-8-6-12(7-9-13)5-4-10-14-2/h6-9,14H,3-5,10-11H2,1-2H3. The van der Waals surface area contributed by atoms with E-state index >= 15 is 0 Å². The maximum Gasteiger partial charge on any atom is 0.119 e. The molecule has 2 heteroatoms. The van der Waals surface area contributed by atoms with Crippen molar-refractivity contribution in [2.45, 2.75) is 26.2 Å². The van der Waals surface area contributed by atoms with E-state index in [4.69, 9.17) is 4.74 Å². The number of hydrogen-bond donors (Lipinski definition) is 1. The third-order valence-corrected chi connectivity index (χ3v) is 2.29. The Kier molecular flexibility index (Phi) is 5.86. The van der Waals surface area contributed by atoms with Crippen LogP contribution in [-0.2, 0) is 6.42 Å². The van der Waals surface area contributed by atoms with Crippen LogP contribution in [0.25, 0.3) is 0 Å². The van der Waals surface area contributed by atoms with Gasteiger partial charge in [0.2, 0.25) is 0 Å². The number of hydrogen-bond acceptors (Lipinski definition) is 2. The molecule has 0 radical (unpaired) electrons. The number of benzene rings is 1. The molecular formula is C13H21NO. The highest BCUT2D eigenvalue weighted by molar-refractivity contribution is 5.27. The lowest BCUT2D eigenvalue weighted by Crippen LogP contribution is -2.08. The molecule has 0 aliphatic rings. The van der Waals surface area contributed by atoms with Crippen molar-refractivity contribution in [3.05, 3.63) is 29.8 Å². The Hall–Kier alpha value is -1.02. The number of aryl methyl sites for hydroxylation is 1. The zero-order valence-corrected chi connectivity index (χ0v) is 9.75. The lowest BCUT2D eigenvalue weighted by Gasteiger charge is -2.05. The molecule has 0 aliphatic heterocycles. The van der Waals surface area contributed by atoms with Gasteiger partial charge in [0.05, 0.1) is 6.61 Å². The average Bonchev–Trinajstić information content (AvgIpc) is 2.28. The molecule has 1 aromatic carbocycles. The van der Waals surface area contributed by atoms with Gasteiger partial charge in [0.1, 0.15) is 5.75 Å². The predicted molar refractivity (Wildman–Crippen MR) is 64.5 cm³/mol. The first kappa shape index (κ1) is 12.1. The molecule has 0 amide bonds. The van der Waals surface area contributed by atoms with Gasteiger partial charge in [-0.15, -0.1) is 0 Å². The Bertz CT molecular complexity index is 256. The monoisotopic (exact) mass is 207 g/mol. The van der Waals surface area contributed by atoms with Gasteiger partial charge >= 0.3 is 0 Å². The minimum absolute atomic E-state index is 0.805. The van der Waals surface area contributed by atoms with E-state index in [1.54, 1.807) is 0 Å². The van der Waals surface area contributed by atoms with Gasteiger partial charge in [0, 0.05) is 0 Å². The molecule has 0 spiro atoms. The van der Waals surface area contributed by atoms with E-state index in [1.165, 1.54) is 12.0 Å². The molecule has 84 valence electrons. The maximum atomic E-state index is 5.52. The average molecular weight is 207 g/mol. The fraction of sp³-hybridized carbons (Fsp3) is 0.538. The first-order chi connectivity index (χ1) is 7.36. The van der Waals surface area contributed by atoms with E-state index in [0.29, 0.717) is 0 Å². The van der Waals surface area contributed by atoms with Crippen LogP contribution in [0.3, 0.4) is 0 Å². The van der Waals surface area contributed by atoms with Gasteiger partial charge in [-0.1, -0.05) is 19.1 Å². The second-order valence-electron chi connectivity index (χ2n) is 3.70. The van der Waals surface area contributed by atoms with E-state index in [-0.39, 0.29) is 0 Å². The van der Waals surface area contributed by atoms with Gasteiger partial charge in [-0.25, -0.2) is 0 Å². The first-order valence-electron chi connectivity index (χ1n) is 5.73. The molecule has 1 N–H and O–H groups in total. The van der Waals surface area contributed by atoms with E-state index in [0.717, 1.165) is 31.7 Å². The molecular weight excluding hydrogens is 186 g/mol. The van der Waals surface area contributed by atoms with E-state index < -0.39 is 0 Å². The predicted octanol–water partition coefficient (Wildman–Crippen LogP) is 2.63. The SMILES string of the molecule is CCCOc1ccc(CCCNC)cc1. The summed E-state index contributed by atoms with van der Waals surface area (Å²) >= 11 is 0. The van der Waals surface area contributed by atoms with Crippen LogP contribution in [0, 0.1) is 0 Å². The molecule has 0 aromatic heterocycles. The molecule has 0 heterocycles. The van der Waals surface area contributed by atoms with Crippen molar-refractivity contribution in [3.8, 4) is 5.75 Å². The quantitative estimate of drug-likeness (QED) is 0.694. The fourth-order valence-corrected chi connectivity index (χ4v) is 1.44. The van der Waals surface area contributed by atoms with Crippen LogP contribution in [0.1, 0.15) is 25.3 Å². The Morgan fingerprint density at radius 2 is 1.93 bits per heavy atom. The summed E-state index contributed by atoms with van der Waals surface area (Å²) in [6.45, 7) is 4.00. The van der Waals surface area contributed by atoms with E-state index in [2.05, 4.69) is 36.5 Å². The summed E-state index contributed by atoms with van der Waals surface area (Å²) in [7, 11) is 1.99. The highest BCUT2D eigenvalue weighted by Gasteiger charge is 1.95. The molecule has 1 aromatic rings. The van der Waals surface area contributed by atoms with Crippen molar-refractivity contribution >= 4 is 0 Å². The fourth-order valence-electron chi connectivity index (χ4n) is 1.44. The van der Waals surface area contributed by atoms with Crippen molar-refractivity contribution in [1.82, 2.24) is 5.32 Å². The molecule has 1 rings (SSSR count). The molecule has 0 saturated heterocycles. The van der Waals surface area contributed by atoms with Crippen molar-refractivity contribution < 1.29 is 4.74 Å². The highest BCUT2D eigenvalue weighted by atomic mass is 16.5. The van der Waals surface area contributed by atoms with Gasteiger partial charge in [-0.3, -0.25) is 0 Å². The van der Waals surface area contributed by atoms with Crippen LogP contribution in [-0.4, -0.2) is 20.2 Å². The van der Waals surface area contributed by atoms with Gasteiger partial charge < -0.3 is 10.1 Å². The topological polar surface area (TPSA) is 21.3 Å². The highest BCUT2D eigenvalue weighted by Crippen LogP contribution is 2.13. The molecule has 0 bridgehead atoms. The number of rotatable bonds is 7. The van der Waals surface area contributed by atoms with Crippen LogP contribution in [0.15, 0.2) is 24.3 Å². The molecule has 15 heavy (non-hydrogen) atoms. The Balaban J connectivity index is 2.35. The molecule has 2 nitrogen and oxygen atoms in total. The summed E-state index contributed by atoms with van der Waals surface area (Å²) in [5.74, 6) is 0.981. The smallest absolute Gasteiger partial charge is 0.119 e. The van der Waals surface area contributed by atoms with Crippen LogP contribution in [0.4, 0.5) is 0 Å². The molecule has 0 saturated carbocycles. The third-order valence-electron chi connectivity index (χ3n) is 2.29. The van der Waals surface area contributed by atoms with Crippen molar-refractivity contribution in [2.24, 2.45) is 0 Å². The molecule has 0 atom stereocenters. The molecule has 0 fully saturated rings. The van der Waals surface area contributed by atoms with Crippen molar-refractivity contribution in [3.63, 3.8) is 0 Å². The summed E-state index contributed by atoms with van der Waals surface area (Å²) in [6.07, 6.45) is 3.38. The van der Waals surface area contributed by atoms with Gasteiger partial charge in [-0.2, -0.15) is 0 Å². The van der Waals surface area contributed by atoms with Crippen molar-refractivity contribution in [1.29, 1.82) is 0 Å². The normalized spacial score (nSPS) is 10.3. The zero-order valence-electron chi connectivity index (χ0n) is 9.75. The number of nitrogens with one attached hydrogen (secondary N) is 1. The summed E-state index contributed by atoms with van der Waals surface area (Å²) in [6, 6.07) is 8.43. The Labute approximate surface area is 92.6 Å². The van der Waals surface area contributed by atoms with Crippen molar-refractivity contribution in [2.75, 3.05) is 20.2 Å². The summed E-state index contributed by atoms with van der Waals surface area (Å²) < 4.78 is 5.52. The van der Waals surface area contributed by atoms with E-state index in [1.807, 2.05) is 7.05 Å². The Morgan fingerprint density at radius 1 is 1.20 bits per heavy atom. The first-order valence-corrected chi connectivity index (χ1v) is 5.73. The van der Waals surface area contributed by atoms with Crippen LogP contribution < -0.4 is 10.1 Å².